The van der Waals surface area contributed by atoms with Gasteiger partial charge in [-0.15, -0.1) is 0 Å². The SMILES string of the molecule is C=C(OC1CCCC1=O)OC1C(=O)CCC1=O. The van der Waals surface area contributed by atoms with Crippen LogP contribution in [0.1, 0.15) is 32.1 Å². The molecule has 1 unspecified atom stereocenters. The van der Waals surface area contributed by atoms with E-state index in [4.69, 9.17) is 9.47 Å². The smallest absolute Gasteiger partial charge is 0.273 e. The van der Waals surface area contributed by atoms with E-state index in [2.05, 4.69) is 6.58 Å². The monoisotopic (exact) mass is 238 g/mol. The van der Waals surface area contributed by atoms with Gasteiger partial charge in [-0.2, -0.15) is 0 Å². The number of hydrogen-bond donors (Lipinski definition) is 0. The molecule has 2 saturated carbocycles. The number of carbonyl (C=O) groups excluding carboxylic acids is 3. The molecule has 2 fully saturated rings. The van der Waals surface area contributed by atoms with Gasteiger partial charge in [0.1, 0.15) is 0 Å². The Morgan fingerprint density at radius 1 is 1.00 bits per heavy atom. The first kappa shape index (κ1) is 11.8. The largest absolute Gasteiger partial charge is 0.455 e. The third-order valence-electron chi connectivity index (χ3n) is 2.97. The number of Topliss-reactive ketones (excluding diaryl/α,β-unsaturated/α-hetero) is 3. The van der Waals surface area contributed by atoms with Crippen molar-refractivity contribution >= 4 is 17.3 Å². The molecule has 0 amide bonds. The second-order valence-electron chi connectivity index (χ2n) is 4.27. The van der Waals surface area contributed by atoms with Crippen molar-refractivity contribution in [1.82, 2.24) is 0 Å². The van der Waals surface area contributed by atoms with Gasteiger partial charge in [0.15, 0.2) is 23.5 Å². The Labute approximate surface area is 98.8 Å². The van der Waals surface area contributed by atoms with Gasteiger partial charge in [0.05, 0.1) is 0 Å². The quantitative estimate of drug-likeness (QED) is 0.538. The highest BCUT2D eigenvalue weighted by molar-refractivity contribution is 6.11. The van der Waals surface area contributed by atoms with Crippen molar-refractivity contribution in [2.75, 3.05) is 0 Å². The van der Waals surface area contributed by atoms with Gasteiger partial charge < -0.3 is 9.47 Å². The van der Waals surface area contributed by atoms with E-state index in [1.807, 2.05) is 0 Å². The van der Waals surface area contributed by atoms with Crippen LogP contribution in [0.5, 0.6) is 0 Å². The molecule has 2 rings (SSSR count). The van der Waals surface area contributed by atoms with Crippen molar-refractivity contribution in [3.8, 4) is 0 Å². The summed E-state index contributed by atoms with van der Waals surface area (Å²) in [5.41, 5.74) is 0. The molecule has 5 nitrogen and oxygen atoms in total. The summed E-state index contributed by atoms with van der Waals surface area (Å²) in [6.07, 6.45) is 0.719. The molecule has 0 bridgehead atoms. The number of ether oxygens (including phenoxy) is 2. The molecule has 17 heavy (non-hydrogen) atoms. The predicted molar refractivity (Wildman–Crippen MR) is 57.0 cm³/mol. The Morgan fingerprint density at radius 3 is 2.18 bits per heavy atom. The number of hydrogen-bond acceptors (Lipinski definition) is 5. The molecule has 0 aromatic carbocycles. The van der Waals surface area contributed by atoms with Crippen molar-refractivity contribution in [3.05, 3.63) is 12.5 Å². The van der Waals surface area contributed by atoms with E-state index in [9.17, 15) is 14.4 Å². The first-order valence-electron chi connectivity index (χ1n) is 5.68. The standard InChI is InChI=1S/C12H14O5/c1-7(16-11-4-2-3-8(11)13)17-12-9(14)5-6-10(12)15/h11-12H,1-6H2. The summed E-state index contributed by atoms with van der Waals surface area (Å²) in [6.45, 7) is 3.48. The minimum atomic E-state index is -1.08. The van der Waals surface area contributed by atoms with E-state index >= 15 is 0 Å². The molecular formula is C12H14O5. The van der Waals surface area contributed by atoms with Gasteiger partial charge in [0.25, 0.3) is 5.95 Å². The van der Waals surface area contributed by atoms with E-state index in [0.717, 1.165) is 6.42 Å². The zero-order chi connectivity index (χ0) is 12.4. The first-order chi connectivity index (χ1) is 8.08. The van der Waals surface area contributed by atoms with E-state index < -0.39 is 12.2 Å². The molecule has 0 saturated heterocycles. The van der Waals surface area contributed by atoms with Gasteiger partial charge in [-0.1, -0.05) is 0 Å². The summed E-state index contributed by atoms with van der Waals surface area (Å²) < 4.78 is 10.3. The summed E-state index contributed by atoms with van der Waals surface area (Å²) in [6, 6.07) is 0. The Morgan fingerprint density at radius 2 is 1.65 bits per heavy atom. The summed E-state index contributed by atoms with van der Waals surface area (Å²) >= 11 is 0. The van der Waals surface area contributed by atoms with Crippen LogP contribution in [0.15, 0.2) is 12.5 Å². The molecule has 0 aromatic heterocycles. The summed E-state index contributed by atoms with van der Waals surface area (Å²) in [7, 11) is 0. The van der Waals surface area contributed by atoms with Crippen LogP contribution in [-0.2, 0) is 23.9 Å². The molecule has 0 heterocycles. The highest BCUT2D eigenvalue weighted by Crippen LogP contribution is 2.22. The molecule has 2 aliphatic carbocycles. The van der Waals surface area contributed by atoms with Gasteiger partial charge in [-0.05, 0) is 19.4 Å². The van der Waals surface area contributed by atoms with Crippen LogP contribution in [0.25, 0.3) is 0 Å². The van der Waals surface area contributed by atoms with Crippen LogP contribution in [0, 0.1) is 0 Å². The maximum absolute atomic E-state index is 11.3. The zero-order valence-electron chi connectivity index (χ0n) is 9.44. The average molecular weight is 238 g/mol. The molecule has 2 aliphatic rings. The van der Waals surface area contributed by atoms with Gasteiger partial charge in [-0.25, -0.2) is 0 Å². The van der Waals surface area contributed by atoms with Gasteiger partial charge in [0.2, 0.25) is 6.10 Å². The van der Waals surface area contributed by atoms with Gasteiger partial charge in [-0.3, -0.25) is 14.4 Å². The Balaban J connectivity index is 1.87. The number of ketones is 3. The fourth-order valence-electron chi connectivity index (χ4n) is 2.05. The topological polar surface area (TPSA) is 69.7 Å². The first-order valence-corrected chi connectivity index (χ1v) is 5.68. The van der Waals surface area contributed by atoms with E-state index in [-0.39, 0.29) is 36.1 Å². The van der Waals surface area contributed by atoms with Crippen molar-refractivity contribution in [1.29, 1.82) is 0 Å². The van der Waals surface area contributed by atoms with Gasteiger partial charge >= 0.3 is 0 Å². The Hall–Kier alpha value is -1.65. The molecule has 0 aliphatic heterocycles. The fourth-order valence-corrected chi connectivity index (χ4v) is 2.05. The summed E-state index contributed by atoms with van der Waals surface area (Å²) in [4.78, 5) is 33.9. The number of rotatable bonds is 4. The minimum Gasteiger partial charge on any atom is -0.455 e. The summed E-state index contributed by atoms with van der Waals surface area (Å²) in [5.74, 6) is -0.604. The van der Waals surface area contributed by atoms with E-state index in [1.165, 1.54) is 0 Å². The Bertz CT molecular complexity index is 368. The van der Waals surface area contributed by atoms with E-state index in [1.54, 1.807) is 0 Å². The molecule has 0 aromatic rings. The van der Waals surface area contributed by atoms with Crippen LogP contribution in [0.4, 0.5) is 0 Å². The van der Waals surface area contributed by atoms with Crippen molar-refractivity contribution in [2.24, 2.45) is 0 Å². The molecular weight excluding hydrogens is 224 g/mol. The highest BCUT2D eigenvalue weighted by Gasteiger charge is 2.36. The lowest BCUT2D eigenvalue weighted by Crippen LogP contribution is -2.27. The highest BCUT2D eigenvalue weighted by atomic mass is 16.7. The third kappa shape index (κ3) is 2.54. The normalized spacial score (nSPS) is 25.4. The average Bonchev–Trinajstić information content (AvgIpc) is 2.80. The lowest BCUT2D eigenvalue weighted by Gasteiger charge is -2.17. The lowest BCUT2D eigenvalue weighted by molar-refractivity contribution is -0.141. The molecule has 1 atom stereocenters. The molecule has 0 N–H and O–H groups in total. The molecule has 0 radical (unpaired) electrons. The lowest BCUT2D eigenvalue weighted by atomic mass is 10.3. The van der Waals surface area contributed by atoms with Crippen LogP contribution in [0.3, 0.4) is 0 Å². The van der Waals surface area contributed by atoms with Crippen LogP contribution in [-0.4, -0.2) is 29.6 Å². The minimum absolute atomic E-state index is 0.0128. The maximum atomic E-state index is 11.3. The third-order valence-corrected chi connectivity index (χ3v) is 2.97. The van der Waals surface area contributed by atoms with Crippen LogP contribution in [0.2, 0.25) is 0 Å². The Kier molecular flexibility index (Phi) is 3.26. The number of carbonyl (C=O) groups is 3. The maximum Gasteiger partial charge on any atom is 0.273 e. The van der Waals surface area contributed by atoms with Crippen molar-refractivity contribution in [2.45, 2.75) is 44.3 Å². The van der Waals surface area contributed by atoms with Crippen LogP contribution < -0.4 is 0 Å². The second-order valence-corrected chi connectivity index (χ2v) is 4.27. The molecule has 92 valence electrons. The predicted octanol–water partition coefficient (Wildman–Crippen LogP) is 0.913. The zero-order valence-corrected chi connectivity index (χ0v) is 9.44. The van der Waals surface area contributed by atoms with Crippen molar-refractivity contribution < 1.29 is 23.9 Å². The summed E-state index contributed by atoms with van der Waals surface area (Å²) in [5, 5.41) is 0. The second kappa shape index (κ2) is 4.69. The van der Waals surface area contributed by atoms with Gasteiger partial charge in [0, 0.05) is 19.3 Å². The molecule has 5 heteroatoms. The van der Waals surface area contributed by atoms with Crippen LogP contribution >= 0.6 is 0 Å². The molecule has 0 spiro atoms. The van der Waals surface area contributed by atoms with Crippen molar-refractivity contribution in [3.63, 3.8) is 0 Å². The fraction of sp³-hybridized carbons (Fsp3) is 0.583. The van der Waals surface area contributed by atoms with E-state index in [0.29, 0.717) is 12.8 Å².